The molecule has 0 fully saturated rings. The molecule has 1 amide bonds. The van der Waals surface area contributed by atoms with Gasteiger partial charge in [0.25, 0.3) is 11.5 Å². The van der Waals surface area contributed by atoms with Crippen LogP contribution in [0.1, 0.15) is 21.7 Å². The van der Waals surface area contributed by atoms with Gasteiger partial charge in [-0.1, -0.05) is 11.6 Å². The molecule has 3 rings (SSSR count). The van der Waals surface area contributed by atoms with E-state index in [9.17, 15) is 9.59 Å². The second-order valence-electron chi connectivity index (χ2n) is 5.49. The molecule has 0 saturated heterocycles. The van der Waals surface area contributed by atoms with Gasteiger partial charge in [-0.25, -0.2) is 0 Å². The fourth-order valence-electron chi connectivity index (χ4n) is 2.52. The highest BCUT2D eigenvalue weighted by Gasteiger charge is 2.17. The Kier molecular flexibility index (Phi) is 3.89. The third-order valence-electron chi connectivity index (χ3n) is 3.76. The number of carbonyl (C=O) groups excluding carboxylic acids is 1. The fourth-order valence-corrected chi connectivity index (χ4v) is 3.70. The second-order valence-corrected chi connectivity index (χ2v) is 6.54. The summed E-state index contributed by atoms with van der Waals surface area (Å²) in [7, 11) is 1.66. The van der Waals surface area contributed by atoms with E-state index in [1.807, 2.05) is 31.2 Å². The number of hydrogen-bond acceptors (Lipinski definition) is 4. The smallest absolute Gasteiger partial charge is 0.263 e. The van der Waals surface area contributed by atoms with E-state index in [2.05, 4.69) is 4.98 Å². The number of amides is 1. The normalized spacial score (nSPS) is 10.8. The summed E-state index contributed by atoms with van der Waals surface area (Å²) < 4.78 is 0.824. The predicted molar refractivity (Wildman–Crippen MR) is 91.9 cm³/mol. The van der Waals surface area contributed by atoms with Crippen LogP contribution in [0.15, 0.2) is 29.1 Å². The summed E-state index contributed by atoms with van der Waals surface area (Å²) in [6.45, 7) is 2.37. The molecule has 1 aromatic carbocycles. The van der Waals surface area contributed by atoms with Crippen LogP contribution < -0.4 is 5.56 Å². The number of thiophene rings is 1. The Bertz CT molecular complexity index is 1010. The lowest BCUT2D eigenvalue weighted by Gasteiger charge is -2.13. The molecule has 6 heteroatoms. The summed E-state index contributed by atoms with van der Waals surface area (Å²) in [6, 6.07) is 9.51. The SMILES string of the molecule is Cc1ccc2[nH]c(=O)c3cc(C(=O)N(C)CCC#N)sc3c2c1. The van der Waals surface area contributed by atoms with Gasteiger partial charge >= 0.3 is 0 Å². The molecule has 0 bridgehead atoms. The summed E-state index contributed by atoms with van der Waals surface area (Å²) in [5.74, 6) is -0.165. The van der Waals surface area contributed by atoms with Crippen molar-refractivity contribution in [1.29, 1.82) is 5.26 Å². The third-order valence-corrected chi connectivity index (χ3v) is 4.92. The molecule has 0 aliphatic heterocycles. The van der Waals surface area contributed by atoms with Crippen LogP contribution in [-0.2, 0) is 0 Å². The molecule has 2 heterocycles. The molecule has 2 aromatic heterocycles. The van der Waals surface area contributed by atoms with E-state index < -0.39 is 0 Å². The molecule has 5 nitrogen and oxygen atoms in total. The van der Waals surface area contributed by atoms with Gasteiger partial charge in [-0.15, -0.1) is 11.3 Å². The zero-order valence-corrected chi connectivity index (χ0v) is 13.7. The van der Waals surface area contributed by atoms with E-state index >= 15 is 0 Å². The zero-order valence-electron chi connectivity index (χ0n) is 12.8. The van der Waals surface area contributed by atoms with Crippen molar-refractivity contribution in [1.82, 2.24) is 9.88 Å². The van der Waals surface area contributed by atoms with E-state index in [0.717, 1.165) is 21.2 Å². The number of hydrogen-bond donors (Lipinski definition) is 1. The van der Waals surface area contributed by atoms with Crippen molar-refractivity contribution in [2.24, 2.45) is 0 Å². The molecule has 0 saturated carbocycles. The number of fused-ring (bicyclic) bond motifs is 3. The average molecular weight is 325 g/mol. The summed E-state index contributed by atoms with van der Waals surface area (Å²) >= 11 is 1.33. The number of benzene rings is 1. The maximum absolute atomic E-state index is 12.4. The van der Waals surface area contributed by atoms with E-state index in [1.54, 1.807) is 13.1 Å². The number of aryl methyl sites for hydroxylation is 1. The Morgan fingerprint density at radius 1 is 1.35 bits per heavy atom. The predicted octanol–water partition coefficient (Wildman–Crippen LogP) is 3.04. The molecular formula is C17H15N3O2S. The average Bonchev–Trinajstić information content (AvgIpc) is 2.99. The second kappa shape index (κ2) is 5.86. The standard InChI is InChI=1S/C17H15N3O2S/c1-10-4-5-13-11(8-10)15-12(16(21)19-13)9-14(23-15)17(22)20(2)7-3-6-18/h4-5,8-9H,3,7H2,1-2H3,(H,19,21). The maximum Gasteiger partial charge on any atom is 0.263 e. The lowest BCUT2D eigenvalue weighted by atomic mass is 10.1. The van der Waals surface area contributed by atoms with Crippen molar-refractivity contribution in [3.63, 3.8) is 0 Å². The molecule has 1 N–H and O–H groups in total. The van der Waals surface area contributed by atoms with Crippen molar-refractivity contribution in [3.8, 4) is 6.07 Å². The van der Waals surface area contributed by atoms with Crippen LogP contribution in [-0.4, -0.2) is 29.4 Å². The van der Waals surface area contributed by atoms with Crippen molar-refractivity contribution in [2.45, 2.75) is 13.3 Å². The van der Waals surface area contributed by atoms with Crippen molar-refractivity contribution < 1.29 is 4.79 Å². The topological polar surface area (TPSA) is 77.0 Å². The Morgan fingerprint density at radius 3 is 2.87 bits per heavy atom. The summed E-state index contributed by atoms with van der Waals surface area (Å²) in [6.07, 6.45) is 0.288. The van der Waals surface area contributed by atoms with Gasteiger partial charge in [0.05, 0.1) is 22.8 Å². The summed E-state index contributed by atoms with van der Waals surface area (Å²) in [5, 5.41) is 10.1. The third kappa shape index (κ3) is 2.71. The first-order valence-corrected chi connectivity index (χ1v) is 8.01. The minimum Gasteiger partial charge on any atom is -0.340 e. The summed E-state index contributed by atoms with van der Waals surface area (Å²) in [5.41, 5.74) is 1.68. The number of nitrogens with one attached hydrogen (secondary N) is 1. The molecule has 0 radical (unpaired) electrons. The molecule has 0 unspecified atom stereocenters. The molecule has 23 heavy (non-hydrogen) atoms. The van der Waals surface area contributed by atoms with Crippen LogP contribution in [0.3, 0.4) is 0 Å². The minimum atomic E-state index is -0.189. The molecule has 3 aromatic rings. The van der Waals surface area contributed by atoms with Gasteiger partial charge in [0.1, 0.15) is 0 Å². The molecular weight excluding hydrogens is 310 g/mol. The van der Waals surface area contributed by atoms with Gasteiger partial charge in [0.2, 0.25) is 0 Å². The summed E-state index contributed by atoms with van der Waals surface area (Å²) in [4.78, 5) is 29.6. The number of rotatable bonds is 3. The lowest BCUT2D eigenvalue weighted by molar-refractivity contribution is 0.0803. The van der Waals surface area contributed by atoms with E-state index in [4.69, 9.17) is 5.26 Å². The fraction of sp³-hybridized carbons (Fsp3) is 0.235. The monoisotopic (exact) mass is 325 g/mol. The maximum atomic E-state index is 12.4. The highest BCUT2D eigenvalue weighted by atomic mass is 32.1. The number of H-pyrrole nitrogens is 1. The number of nitriles is 1. The van der Waals surface area contributed by atoms with Gasteiger partial charge in [-0.3, -0.25) is 9.59 Å². The van der Waals surface area contributed by atoms with Crippen LogP contribution in [0.4, 0.5) is 0 Å². The van der Waals surface area contributed by atoms with Crippen LogP contribution in [0, 0.1) is 18.3 Å². The first-order valence-electron chi connectivity index (χ1n) is 7.20. The van der Waals surface area contributed by atoms with E-state index in [0.29, 0.717) is 16.8 Å². The first-order chi connectivity index (χ1) is 11.0. The van der Waals surface area contributed by atoms with Gasteiger partial charge in [0, 0.05) is 29.2 Å². The van der Waals surface area contributed by atoms with E-state index in [-0.39, 0.29) is 17.9 Å². The molecule has 0 atom stereocenters. The van der Waals surface area contributed by atoms with Gasteiger partial charge in [0.15, 0.2) is 0 Å². The number of carbonyl (C=O) groups is 1. The number of pyridine rings is 1. The Hall–Kier alpha value is -2.65. The highest BCUT2D eigenvalue weighted by Crippen LogP contribution is 2.30. The number of aromatic nitrogens is 1. The molecule has 0 aliphatic carbocycles. The highest BCUT2D eigenvalue weighted by molar-refractivity contribution is 7.21. The zero-order chi connectivity index (χ0) is 16.6. The Labute approximate surface area is 136 Å². The Morgan fingerprint density at radius 2 is 2.13 bits per heavy atom. The van der Waals surface area contributed by atoms with Crippen LogP contribution in [0.2, 0.25) is 0 Å². The van der Waals surface area contributed by atoms with Gasteiger partial charge in [-0.2, -0.15) is 5.26 Å². The van der Waals surface area contributed by atoms with Crippen molar-refractivity contribution in [2.75, 3.05) is 13.6 Å². The first kappa shape index (κ1) is 15.3. The molecule has 0 spiro atoms. The van der Waals surface area contributed by atoms with E-state index in [1.165, 1.54) is 16.2 Å². The van der Waals surface area contributed by atoms with Crippen LogP contribution in [0.25, 0.3) is 21.0 Å². The molecule has 116 valence electrons. The number of nitrogens with zero attached hydrogens (tertiary/aromatic N) is 2. The Balaban J connectivity index is 2.15. The minimum absolute atomic E-state index is 0.165. The largest absolute Gasteiger partial charge is 0.340 e. The van der Waals surface area contributed by atoms with Crippen LogP contribution in [0.5, 0.6) is 0 Å². The molecule has 0 aliphatic rings. The van der Waals surface area contributed by atoms with Crippen LogP contribution >= 0.6 is 11.3 Å². The number of aromatic amines is 1. The van der Waals surface area contributed by atoms with Gasteiger partial charge in [-0.05, 0) is 25.1 Å². The van der Waals surface area contributed by atoms with Gasteiger partial charge < -0.3 is 9.88 Å². The van der Waals surface area contributed by atoms with Crippen molar-refractivity contribution >= 4 is 38.2 Å². The lowest BCUT2D eigenvalue weighted by Crippen LogP contribution is -2.26. The quantitative estimate of drug-likeness (QED) is 0.804. The van der Waals surface area contributed by atoms with Crippen molar-refractivity contribution in [3.05, 3.63) is 45.1 Å².